The summed E-state index contributed by atoms with van der Waals surface area (Å²) in [6, 6.07) is 20.1. The number of urea groups is 1. The van der Waals surface area contributed by atoms with Crippen LogP contribution in [0.2, 0.25) is 0 Å². The number of rotatable bonds is 5. The van der Waals surface area contributed by atoms with Gasteiger partial charge in [-0.15, -0.1) is 0 Å². The van der Waals surface area contributed by atoms with Crippen molar-refractivity contribution in [1.29, 1.82) is 0 Å². The monoisotopic (exact) mass is 457 g/mol. The van der Waals surface area contributed by atoms with Crippen LogP contribution in [0.4, 0.5) is 4.79 Å². The van der Waals surface area contributed by atoms with E-state index in [1.54, 1.807) is 0 Å². The van der Waals surface area contributed by atoms with Crippen molar-refractivity contribution in [2.24, 2.45) is 5.92 Å². The van der Waals surface area contributed by atoms with E-state index in [1.807, 2.05) is 81.3 Å². The van der Waals surface area contributed by atoms with E-state index in [0.717, 1.165) is 67.8 Å². The Hall–Kier alpha value is -3.61. The highest BCUT2D eigenvalue weighted by molar-refractivity contribution is 5.81. The van der Waals surface area contributed by atoms with Gasteiger partial charge in [0.2, 0.25) is 5.91 Å². The number of piperidine rings is 1. The van der Waals surface area contributed by atoms with Gasteiger partial charge in [0.1, 0.15) is 0 Å². The van der Waals surface area contributed by atoms with E-state index in [0.29, 0.717) is 13.1 Å². The highest BCUT2D eigenvalue weighted by atomic mass is 16.2. The third-order valence-corrected chi connectivity index (χ3v) is 6.75. The third kappa shape index (κ3) is 4.83. The van der Waals surface area contributed by atoms with Crippen molar-refractivity contribution in [1.82, 2.24) is 24.9 Å². The molecule has 0 aliphatic carbocycles. The lowest BCUT2D eigenvalue weighted by atomic mass is 9.97. The van der Waals surface area contributed by atoms with Gasteiger partial charge in [0.15, 0.2) is 0 Å². The predicted octanol–water partition coefficient (Wildman–Crippen LogP) is 4.08. The van der Waals surface area contributed by atoms with Crippen LogP contribution in [0.15, 0.2) is 66.9 Å². The summed E-state index contributed by atoms with van der Waals surface area (Å²) in [7, 11) is 0. The van der Waals surface area contributed by atoms with Crippen LogP contribution in [0.3, 0.4) is 0 Å². The molecule has 1 N–H and O–H groups in total. The molecule has 0 unspecified atom stereocenters. The standard InChI is InChI=1S/C27H31N5O2/c33-26(22-12-9-17-31(19-22)27(34)30-15-7-8-16-30)28-18-23-20-32(24-13-5-2-6-14-24)29-25(23)21-10-3-1-4-11-21/h1-6,10-11,13-14,20,22H,7-9,12,15-19H2,(H,28,33)/t22-/m1/s1. The van der Waals surface area contributed by atoms with Crippen molar-refractivity contribution in [3.63, 3.8) is 0 Å². The van der Waals surface area contributed by atoms with Crippen LogP contribution < -0.4 is 5.32 Å². The van der Waals surface area contributed by atoms with Crippen LogP contribution in [0.5, 0.6) is 0 Å². The van der Waals surface area contributed by atoms with Crippen LogP contribution >= 0.6 is 0 Å². The normalized spacial score (nSPS) is 18.2. The molecule has 176 valence electrons. The largest absolute Gasteiger partial charge is 0.352 e. The quantitative estimate of drug-likeness (QED) is 0.628. The number of nitrogens with one attached hydrogen (secondary N) is 1. The van der Waals surface area contributed by atoms with E-state index in [2.05, 4.69) is 5.32 Å². The first-order chi connectivity index (χ1) is 16.7. The number of hydrogen-bond donors (Lipinski definition) is 1. The average Bonchev–Trinajstić information content (AvgIpc) is 3.59. The molecule has 2 saturated heterocycles. The summed E-state index contributed by atoms with van der Waals surface area (Å²) in [5, 5.41) is 7.96. The van der Waals surface area contributed by atoms with E-state index < -0.39 is 0 Å². The van der Waals surface area contributed by atoms with Crippen LogP contribution in [-0.2, 0) is 11.3 Å². The van der Waals surface area contributed by atoms with Crippen molar-refractivity contribution in [2.75, 3.05) is 26.2 Å². The number of carbonyl (C=O) groups is 2. The molecule has 2 aliphatic heterocycles. The van der Waals surface area contributed by atoms with E-state index in [4.69, 9.17) is 5.10 Å². The van der Waals surface area contributed by atoms with Gasteiger partial charge in [-0.3, -0.25) is 4.79 Å². The van der Waals surface area contributed by atoms with Gasteiger partial charge in [0.05, 0.1) is 17.3 Å². The molecule has 1 atom stereocenters. The maximum Gasteiger partial charge on any atom is 0.320 e. The Kier molecular flexibility index (Phi) is 6.60. The first kappa shape index (κ1) is 22.2. The van der Waals surface area contributed by atoms with Gasteiger partial charge in [0.25, 0.3) is 0 Å². The Bertz CT molecular complexity index is 1120. The smallest absolute Gasteiger partial charge is 0.320 e. The SMILES string of the molecule is O=C(NCc1cn(-c2ccccc2)nc1-c1ccccc1)[C@@H]1CCCN(C(=O)N2CCCC2)C1. The van der Waals surface area contributed by atoms with Crippen LogP contribution in [0.1, 0.15) is 31.2 Å². The second-order valence-corrected chi connectivity index (χ2v) is 9.13. The minimum absolute atomic E-state index is 0.00500. The summed E-state index contributed by atoms with van der Waals surface area (Å²) in [5.41, 5.74) is 3.81. The molecule has 1 aromatic heterocycles. The Morgan fingerprint density at radius 3 is 2.29 bits per heavy atom. The highest BCUT2D eigenvalue weighted by Gasteiger charge is 2.31. The number of para-hydroxylation sites is 1. The molecular weight excluding hydrogens is 426 g/mol. The summed E-state index contributed by atoms with van der Waals surface area (Å²) in [4.78, 5) is 29.7. The number of nitrogens with zero attached hydrogens (tertiary/aromatic N) is 4. The van der Waals surface area contributed by atoms with E-state index in [-0.39, 0.29) is 17.9 Å². The number of carbonyl (C=O) groups excluding carboxylic acids is 2. The lowest BCUT2D eigenvalue weighted by Gasteiger charge is -2.34. The summed E-state index contributed by atoms with van der Waals surface area (Å²) in [5.74, 6) is -0.171. The molecule has 0 radical (unpaired) electrons. The fourth-order valence-electron chi connectivity index (χ4n) is 4.89. The topological polar surface area (TPSA) is 70.5 Å². The molecule has 3 amide bonds. The highest BCUT2D eigenvalue weighted by Crippen LogP contribution is 2.24. The Morgan fingerprint density at radius 2 is 1.56 bits per heavy atom. The summed E-state index contributed by atoms with van der Waals surface area (Å²) in [6.07, 6.45) is 5.80. The lowest BCUT2D eigenvalue weighted by molar-refractivity contribution is -0.126. The maximum absolute atomic E-state index is 13.1. The maximum atomic E-state index is 13.1. The molecule has 7 nitrogen and oxygen atoms in total. The Balaban J connectivity index is 1.29. The van der Waals surface area contributed by atoms with Crippen molar-refractivity contribution in [2.45, 2.75) is 32.2 Å². The van der Waals surface area contributed by atoms with Gasteiger partial charge in [0, 0.05) is 50.0 Å². The van der Waals surface area contributed by atoms with Crippen LogP contribution in [0, 0.1) is 5.92 Å². The summed E-state index contributed by atoms with van der Waals surface area (Å²) < 4.78 is 1.86. The van der Waals surface area contributed by atoms with Crippen LogP contribution in [-0.4, -0.2) is 57.7 Å². The lowest BCUT2D eigenvalue weighted by Crippen LogP contribution is -2.49. The van der Waals surface area contributed by atoms with Gasteiger partial charge < -0.3 is 15.1 Å². The minimum atomic E-state index is -0.176. The van der Waals surface area contributed by atoms with Gasteiger partial charge in [-0.25, -0.2) is 9.48 Å². The second-order valence-electron chi connectivity index (χ2n) is 9.13. The number of likely N-dealkylation sites (tertiary alicyclic amines) is 2. The molecule has 34 heavy (non-hydrogen) atoms. The van der Waals surface area contributed by atoms with Crippen LogP contribution in [0.25, 0.3) is 16.9 Å². The molecule has 0 spiro atoms. The zero-order chi connectivity index (χ0) is 23.3. The van der Waals surface area contributed by atoms with Gasteiger partial charge in [-0.05, 0) is 37.8 Å². The Morgan fingerprint density at radius 1 is 0.882 bits per heavy atom. The Labute approximate surface area is 200 Å². The molecule has 2 fully saturated rings. The fraction of sp³-hybridized carbons (Fsp3) is 0.370. The molecule has 7 heteroatoms. The number of amides is 3. The zero-order valence-corrected chi connectivity index (χ0v) is 19.4. The van der Waals surface area contributed by atoms with E-state index in [9.17, 15) is 9.59 Å². The second kappa shape index (κ2) is 10.1. The predicted molar refractivity (Wildman–Crippen MR) is 131 cm³/mol. The molecule has 0 bridgehead atoms. The van der Waals surface area contributed by atoms with Crippen molar-refractivity contribution >= 4 is 11.9 Å². The van der Waals surface area contributed by atoms with Gasteiger partial charge >= 0.3 is 6.03 Å². The number of benzene rings is 2. The van der Waals surface area contributed by atoms with Gasteiger partial charge in [-0.2, -0.15) is 5.10 Å². The average molecular weight is 458 g/mol. The van der Waals surface area contributed by atoms with E-state index >= 15 is 0 Å². The minimum Gasteiger partial charge on any atom is -0.352 e. The first-order valence-corrected chi connectivity index (χ1v) is 12.2. The summed E-state index contributed by atoms with van der Waals surface area (Å²) in [6.45, 7) is 3.29. The first-order valence-electron chi connectivity index (χ1n) is 12.2. The van der Waals surface area contributed by atoms with Crippen molar-refractivity contribution in [3.8, 4) is 16.9 Å². The summed E-state index contributed by atoms with van der Waals surface area (Å²) >= 11 is 0. The van der Waals surface area contributed by atoms with Crippen molar-refractivity contribution < 1.29 is 9.59 Å². The van der Waals surface area contributed by atoms with Crippen molar-refractivity contribution in [3.05, 3.63) is 72.4 Å². The third-order valence-electron chi connectivity index (χ3n) is 6.75. The molecule has 2 aromatic carbocycles. The number of aromatic nitrogens is 2. The van der Waals surface area contributed by atoms with E-state index in [1.165, 1.54) is 0 Å². The molecular formula is C27H31N5O2. The molecule has 5 rings (SSSR count). The molecule has 2 aliphatic rings. The van der Waals surface area contributed by atoms with Gasteiger partial charge in [-0.1, -0.05) is 48.5 Å². The molecule has 3 aromatic rings. The zero-order valence-electron chi connectivity index (χ0n) is 19.4. The fourth-order valence-corrected chi connectivity index (χ4v) is 4.89. The molecule has 3 heterocycles. The molecule has 0 saturated carbocycles. The number of hydrogen-bond acceptors (Lipinski definition) is 3.